The lowest BCUT2D eigenvalue weighted by atomic mass is 10.3. The van der Waals surface area contributed by atoms with Crippen molar-refractivity contribution in [3.63, 3.8) is 0 Å². The summed E-state index contributed by atoms with van der Waals surface area (Å²) in [5.74, 6) is 0.479. The number of carbonyl (C=O) groups excluding carboxylic acids is 2. The molecule has 24 heavy (non-hydrogen) atoms. The Morgan fingerprint density at radius 3 is 2.21 bits per heavy atom. The summed E-state index contributed by atoms with van der Waals surface area (Å²) >= 11 is 0. The number of halogens is 1. The fourth-order valence-corrected chi connectivity index (χ4v) is 1.94. The minimum absolute atomic E-state index is 0. The van der Waals surface area contributed by atoms with Crippen molar-refractivity contribution in [3.05, 3.63) is 0 Å². The Morgan fingerprint density at radius 1 is 1.08 bits per heavy atom. The molecule has 1 amide bonds. The zero-order valence-electron chi connectivity index (χ0n) is 15.6. The van der Waals surface area contributed by atoms with Gasteiger partial charge >= 0.3 is 5.97 Å². The van der Waals surface area contributed by atoms with Gasteiger partial charge in [-0.2, -0.15) is 0 Å². The van der Waals surface area contributed by atoms with Crippen LogP contribution in [0.5, 0.6) is 0 Å². The number of hydrogen-bond donors (Lipinski definition) is 2. The standard InChI is InChI=1S/C16H32N4O3.HI/c1-6-17-16(19-12-10-15(22)23-13(4)5)18-11-9-14(21)20(7-2)8-3;/h13H,6-12H2,1-5H3,(H2,17,18,19);1H. The van der Waals surface area contributed by atoms with Gasteiger partial charge in [-0.05, 0) is 34.6 Å². The third-order valence-corrected chi connectivity index (χ3v) is 3.04. The summed E-state index contributed by atoms with van der Waals surface area (Å²) in [6, 6.07) is 0. The van der Waals surface area contributed by atoms with Crippen molar-refractivity contribution in [1.29, 1.82) is 0 Å². The first-order valence-corrected chi connectivity index (χ1v) is 8.43. The highest BCUT2D eigenvalue weighted by molar-refractivity contribution is 14.0. The van der Waals surface area contributed by atoms with E-state index >= 15 is 0 Å². The lowest BCUT2D eigenvalue weighted by Crippen LogP contribution is -2.40. The van der Waals surface area contributed by atoms with Crippen LogP contribution in [-0.2, 0) is 14.3 Å². The SMILES string of the molecule is CCNC(=NCCC(=O)OC(C)C)NCCC(=O)N(CC)CC.I. The molecule has 0 unspecified atom stereocenters. The fraction of sp³-hybridized carbons (Fsp3) is 0.812. The number of hydrogen-bond acceptors (Lipinski definition) is 4. The molecule has 0 bridgehead atoms. The molecule has 0 atom stereocenters. The molecule has 0 saturated carbocycles. The van der Waals surface area contributed by atoms with E-state index in [1.165, 1.54) is 0 Å². The van der Waals surface area contributed by atoms with Gasteiger partial charge in [0.15, 0.2) is 5.96 Å². The molecule has 0 aromatic heterocycles. The molecule has 0 aliphatic carbocycles. The van der Waals surface area contributed by atoms with Crippen LogP contribution in [0.2, 0.25) is 0 Å². The highest BCUT2D eigenvalue weighted by Crippen LogP contribution is 1.94. The van der Waals surface area contributed by atoms with Gasteiger partial charge in [0, 0.05) is 32.6 Å². The normalized spacial score (nSPS) is 10.8. The topological polar surface area (TPSA) is 83.0 Å². The molecule has 0 radical (unpaired) electrons. The third kappa shape index (κ3) is 12.4. The largest absolute Gasteiger partial charge is 0.463 e. The van der Waals surface area contributed by atoms with Gasteiger partial charge in [0.25, 0.3) is 0 Å². The molecule has 2 N–H and O–H groups in total. The Kier molecular flexibility index (Phi) is 16.2. The summed E-state index contributed by atoms with van der Waals surface area (Å²) in [5, 5.41) is 6.20. The van der Waals surface area contributed by atoms with Crippen molar-refractivity contribution in [2.75, 3.05) is 32.7 Å². The molecular weight excluding hydrogens is 423 g/mol. The van der Waals surface area contributed by atoms with E-state index in [1.807, 2.05) is 34.6 Å². The Bertz CT molecular complexity index is 386. The smallest absolute Gasteiger partial charge is 0.307 e. The number of rotatable bonds is 10. The van der Waals surface area contributed by atoms with Gasteiger partial charge in [-0.25, -0.2) is 0 Å². The molecule has 0 heterocycles. The first-order chi connectivity index (χ1) is 10.9. The van der Waals surface area contributed by atoms with Crippen LogP contribution in [0, 0.1) is 0 Å². The number of nitrogens with one attached hydrogen (secondary N) is 2. The van der Waals surface area contributed by atoms with Gasteiger partial charge in [-0.15, -0.1) is 24.0 Å². The van der Waals surface area contributed by atoms with Crippen molar-refractivity contribution >= 4 is 41.8 Å². The van der Waals surface area contributed by atoms with Crippen molar-refractivity contribution in [2.45, 2.75) is 53.6 Å². The van der Waals surface area contributed by atoms with Crippen LogP contribution < -0.4 is 10.6 Å². The molecule has 0 spiro atoms. The van der Waals surface area contributed by atoms with E-state index in [9.17, 15) is 9.59 Å². The van der Waals surface area contributed by atoms with E-state index in [4.69, 9.17) is 4.74 Å². The monoisotopic (exact) mass is 456 g/mol. The number of ether oxygens (including phenoxy) is 1. The first kappa shape index (κ1) is 25.2. The highest BCUT2D eigenvalue weighted by atomic mass is 127. The summed E-state index contributed by atoms with van der Waals surface area (Å²) in [4.78, 5) is 29.5. The van der Waals surface area contributed by atoms with Crippen LogP contribution >= 0.6 is 24.0 Å². The lowest BCUT2D eigenvalue weighted by Gasteiger charge is -2.19. The molecule has 8 heteroatoms. The Labute approximate surface area is 163 Å². The van der Waals surface area contributed by atoms with E-state index in [1.54, 1.807) is 4.90 Å². The van der Waals surface area contributed by atoms with Gasteiger partial charge in [0.05, 0.1) is 19.1 Å². The number of amides is 1. The summed E-state index contributed by atoms with van der Waals surface area (Å²) in [5.41, 5.74) is 0. The van der Waals surface area contributed by atoms with Crippen molar-refractivity contribution in [1.82, 2.24) is 15.5 Å². The summed E-state index contributed by atoms with van der Waals surface area (Å²) in [7, 11) is 0. The molecule has 7 nitrogen and oxygen atoms in total. The van der Waals surface area contributed by atoms with Crippen molar-refractivity contribution in [2.24, 2.45) is 4.99 Å². The average Bonchev–Trinajstić information content (AvgIpc) is 2.47. The van der Waals surface area contributed by atoms with Crippen LogP contribution in [0.15, 0.2) is 4.99 Å². The van der Waals surface area contributed by atoms with E-state index in [2.05, 4.69) is 15.6 Å². The van der Waals surface area contributed by atoms with Gasteiger partial charge < -0.3 is 20.3 Å². The van der Waals surface area contributed by atoms with Crippen LogP contribution in [0.1, 0.15) is 47.5 Å². The number of nitrogens with zero attached hydrogens (tertiary/aromatic N) is 2. The molecule has 0 aliphatic heterocycles. The summed E-state index contributed by atoms with van der Waals surface area (Å²) < 4.78 is 5.06. The zero-order valence-corrected chi connectivity index (χ0v) is 17.9. The first-order valence-electron chi connectivity index (χ1n) is 8.43. The molecule has 142 valence electrons. The van der Waals surface area contributed by atoms with Crippen LogP contribution in [0.3, 0.4) is 0 Å². The highest BCUT2D eigenvalue weighted by Gasteiger charge is 2.09. The Balaban J connectivity index is 0. The molecule has 0 aromatic carbocycles. The van der Waals surface area contributed by atoms with Crippen molar-refractivity contribution < 1.29 is 14.3 Å². The second-order valence-corrected chi connectivity index (χ2v) is 5.29. The number of carbonyl (C=O) groups is 2. The third-order valence-electron chi connectivity index (χ3n) is 3.04. The average molecular weight is 456 g/mol. The maximum Gasteiger partial charge on any atom is 0.307 e. The summed E-state index contributed by atoms with van der Waals surface area (Å²) in [6.07, 6.45) is 0.554. The van der Waals surface area contributed by atoms with Gasteiger partial charge in [-0.1, -0.05) is 0 Å². The minimum Gasteiger partial charge on any atom is -0.463 e. The molecule has 0 aromatic rings. The predicted molar refractivity (Wildman–Crippen MR) is 108 cm³/mol. The molecule has 0 saturated heterocycles. The number of aliphatic imine (C=N–C) groups is 1. The minimum atomic E-state index is -0.253. The zero-order chi connectivity index (χ0) is 17.7. The second kappa shape index (κ2) is 15.5. The Morgan fingerprint density at radius 2 is 1.71 bits per heavy atom. The van der Waals surface area contributed by atoms with Crippen LogP contribution in [0.25, 0.3) is 0 Å². The second-order valence-electron chi connectivity index (χ2n) is 5.29. The maximum absolute atomic E-state index is 11.9. The predicted octanol–water partition coefficient (Wildman–Crippen LogP) is 1.76. The van der Waals surface area contributed by atoms with Gasteiger partial charge in [0.1, 0.15) is 0 Å². The van der Waals surface area contributed by atoms with Crippen LogP contribution in [-0.4, -0.2) is 61.6 Å². The molecule has 0 rings (SSSR count). The number of esters is 1. The summed E-state index contributed by atoms with van der Waals surface area (Å²) in [6.45, 7) is 12.6. The quantitative estimate of drug-likeness (QED) is 0.227. The fourth-order valence-electron chi connectivity index (χ4n) is 1.94. The number of guanidine groups is 1. The van der Waals surface area contributed by atoms with E-state index in [-0.39, 0.29) is 48.4 Å². The van der Waals surface area contributed by atoms with Gasteiger partial charge in [-0.3, -0.25) is 14.6 Å². The molecular formula is C16H33IN4O3. The van der Waals surface area contributed by atoms with Crippen molar-refractivity contribution in [3.8, 4) is 0 Å². The van der Waals surface area contributed by atoms with E-state index < -0.39 is 0 Å². The lowest BCUT2D eigenvalue weighted by molar-refractivity contribution is -0.147. The Hall–Kier alpha value is -1.06. The van der Waals surface area contributed by atoms with Gasteiger partial charge in [0.2, 0.25) is 5.91 Å². The maximum atomic E-state index is 11.9. The van der Waals surface area contributed by atoms with E-state index in [0.29, 0.717) is 32.0 Å². The van der Waals surface area contributed by atoms with Crippen LogP contribution in [0.4, 0.5) is 0 Å². The molecule has 0 fully saturated rings. The van der Waals surface area contributed by atoms with E-state index in [0.717, 1.165) is 13.1 Å². The molecule has 0 aliphatic rings.